The highest BCUT2D eigenvalue weighted by atomic mass is 15.2. The van der Waals surface area contributed by atoms with Gasteiger partial charge in [-0.2, -0.15) is 0 Å². The van der Waals surface area contributed by atoms with Crippen molar-refractivity contribution >= 4 is 0 Å². The van der Waals surface area contributed by atoms with Crippen molar-refractivity contribution in [2.45, 2.75) is 32.2 Å². The zero-order valence-corrected chi connectivity index (χ0v) is 9.60. The highest BCUT2D eigenvalue weighted by Crippen LogP contribution is 2.43. The Morgan fingerprint density at radius 2 is 1.80 bits per heavy atom. The summed E-state index contributed by atoms with van der Waals surface area (Å²) in [5.41, 5.74) is 0. The highest BCUT2D eigenvalue weighted by Gasteiger charge is 2.41. The van der Waals surface area contributed by atoms with Crippen LogP contribution >= 0.6 is 0 Å². The molecule has 0 amide bonds. The molecule has 0 aromatic heterocycles. The number of hydrogen-bond donors (Lipinski definition) is 0. The quantitative estimate of drug-likeness (QED) is 0.633. The van der Waals surface area contributed by atoms with Gasteiger partial charge in [-0.3, -0.25) is 0 Å². The minimum absolute atomic E-state index is 0.820. The van der Waals surface area contributed by atoms with E-state index in [2.05, 4.69) is 36.1 Å². The first kappa shape index (κ1) is 9.65. The summed E-state index contributed by atoms with van der Waals surface area (Å²) in [6.07, 6.45) is 13.6. The smallest absolute Gasteiger partial charge is 0.0132 e. The Labute approximate surface area is 92.8 Å². The molecule has 0 spiro atoms. The van der Waals surface area contributed by atoms with E-state index in [0.717, 1.165) is 23.8 Å². The van der Waals surface area contributed by atoms with Gasteiger partial charge in [0.25, 0.3) is 0 Å². The lowest BCUT2D eigenvalue weighted by Gasteiger charge is -2.28. The molecule has 1 aliphatic heterocycles. The second-order valence-electron chi connectivity index (χ2n) is 5.42. The molecule has 3 aliphatic rings. The largest absolute Gasteiger partial charge is 0.300 e. The Morgan fingerprint density at radius 1 is 1.07 bits per heavy atom. The maximum atomic E-state index is 2.74. The summed E-state index contributed by atoms with van der Waals surface area (Å²) < 4.78 is 0. The van der Waals surface area contributed by atoms with Gasteiger partial charge in [-0.25, -0.2) is 0 Å². The van der Waals surface area contributed by atoms with Gasteiger partial charge in [-0.05, 0) is 50.1 Å². The van der Waals surface area contributed by atoms with Crippen LogP contribution in [-0.2, 0) is 0 Å². The summed E-state index contributed by atoms with van der Waals surface area (Å²) in [5.74, 6) is 2.51. The number of allylic oxidation sites excluding steroid dienone is 4. The van der Waals surface area contributed by atoms with Crippen LogP contribution in [0.5, 0.6) is 0 Å². The second-order valence-corrected chi connectivity index (χ2v) is 5.42. The first-order valence-corrected chi connectivity index (χ1v) is 6.45. The van der Waals surface area contributed by atoms with Gasteiger partial charge in [-0.1, -0.05) is 31.2 Å². The van der Waals surface area contributed by atoms with Crippen LogP contribution in [0.25, 0.3) is 0 Å². The van der Waals surface area contributed by atoms with Crippen LogP contribution in [0.15, 0.2) is 24.3 Å². The first-order valence-electron chi connectivity index (χ1n) is 6.45. The Morgan fingerprint density at radius 3 is 2.53 bits per heavy atom. The molecule has 1 nitrogen and oxygen atoms in total. The van der Waals surface area contributed by atoms with Gasteiger partial charge in [0, 0.05) is 6.04 Å². The van der Waals surface area contributed by atoms with Gasteiger partial charge in [-0.15, -0.1) is 0 Å². The van der Waals surface area contributed by atoms with E-state index in [4.69, 9.17) is 0 Å². The molecule has 4 atom stereocenters. The fraction of sp³-hybridized carbons (Fsp3) is 0.714. The van der Waals surface area contributed by atoms with E-state index in [1.165, 1.54) is 32.4 Å². The first-order chi connectivity index (χ1) is 7.36. The lowest BCUT2D eigenvalue weighted by Crippen LogP contribution is -2.35. The number of nitrogens with zero attached hydrogens (tertiary/aromatic N) is 1. The van der Waals surface area contributed by atoms with Gasteiger partial charge >= 0.3 is 0 Å². The molecule has 1 saturated carbocycles. The van der Waals surface area contributed by atoms with Crippen molar-refractivity contribution < 1.29 is 0 Å². The van der Waals surface area contributed by atoms with E-state index in [1.54, 1.807) is 0 Å². The third-order valence-electron chi connectivity index (χ3n) is 4.63. The summed E-state index contributed by atoms with van der Waals surface area (Å²) >= 11 is 0. The van der Waals surface area contributed by atoms with Crippen molar-refractivity contribution in [2.24, 2.45) is 17.8 Å². The zero-order chi connectivity index (χ0) is 10.3. The Bertz CT molecular complexity index is 286. The Kier molecular flexibility index (Phi) is 2.44. The van der Waals surface area contributed by atoms with Crippen LogP contribution in [0.3, 0.4) is 0 Å². The monoisotopic (exact) mass is 203 g/mol. The maximum Gasteiger partial charge on any atom is 0.0132 e. The predicted octanol–water partition coefficient (Wildman–Crippen LogP) is 2.85. The number of rotatable bonds is 1. The van der Waals surface area contributed by atoms with Crippen LogP contribution in [0.2, 0.25) is 0 Å². The topological polar surface area (TPSA) is 3.24 Å². The third-order valence-corrected chi connectivity index (χ3v) is 4.63. The lowest BCUT2D eigenvalue weighted by atomic mass is 9.87. The summed E-state index contributed by atoms with van der Waals surface area (Å²) in [7, 11) is 0. The van der Waals surface area contributed by atoms with Crippen molar-refractivity contribution in [2.75, 3.05) is 13.1 Å². The summed E-state index contributed by atoms with van der Waals surface area (Å²) in [4.78, 5) is 2.74. The highest BCUT2D eigenvalue weighted by molar-refractivity contribution is 5.19. The van der Waals surface area contributed by atoms with Crippen molar-refractivity contribution in [3.63, 3.8) is 0 Å². The molecule has 82 valence electrons. The minimum atomic E-state index is 0.820. The van der Waals surface area contributed by atoms with Gasteiger partial charge in [0.2, 0.25) is 0 Å². The molecule has 15 heavy (non-hydrogen) atoms. The van der Waals surface area contributed by atoms with Crippen molar-refractivity contribution in [3.8, 4) is 0 Å². The molecule has 2 aliphatic carbocycles. The van der Waals surface area contributed by atoms with Crippen molar-refractivity contribution in [1.29, 1.82) is 0 Å². The molecule has 3 unspecified atom stereocenters. The fourth-order valence-electron chi connectivity index (χ4n) is 3.78. The molecule has 0 N–H and O–H groups in total. The summed E-state index contributed by atoms with van der Waals surface area (Å²) in [5, 5.41) is 0. The van der Waals surface area contributed by atoms with Crippen LogP contribution in [0.4, 0.5) is 0 Å². The average Bonchev–Trinajstić information content (AvgIpc) is 2.87. The van der Waals surface area contributed by atoms with Gasteiger partial charge in [0.05, 0.1) is 0 Å². The van der Waals surface area contributed by atoms with Crippen LogP contribution in [0, 0.1) is 17.8 Å². The number of hydrogen-bond acceptors (Lipinski definition) is 1. The predicted molar refractivity (Wildman–Crippen MR) is 63.6 cm³/mol. The average molecular weight is 203 g/mol. The van der Waals surface area contributed by atoms with E-state index in [-0.39, 0.29) is 0 Å². The third kappa shape index (κ3) is 1.57. The standard InChI is InChI=1S/C14H21N/c1-11-13-7-3-2-6-12(13)10-14(11)15-8-4-5-9-15/h2-3,6-7,11-14H,4-5,8-10H2,1H3/t11-,12?,13?,14?/m0/s1. The molecule has 3 rings (SSSR count). The molecular formula is C14H21N. The SMILES string of the molecule is C[C@H]1C2C=CC=CC2CC1N1CCCC1. The van der Waals surface area contributed by atoms with E-state index in [9.17, 15) is 0 Å². The van der Waals surface area contributed by atoms with E-state index >= 15 is 0 Å². The number of fused-ring (bicyclic) bond motifs is 1. The number of likely N-dealkylation sites (tertiary alicyclic amines) is 1. The van der Waals surface area contributed by atoms with E-state index in [1.807, 2.05) is 0 Å². The molecule has 0 bridgehead atoms. The Balaban J connectivity index is 1.76. The van der Waals surface area contributed by atoms with Gasteiger partial charge in [0.15, 0.2) is 0 Å². The fourth-order valence-corrected chi connectivity index (χ4v) is 3.78. The normalized spacial score (nSPS) is 44.9. The summed E-state index contributed by atoms with van der Waals surface area (Å²) in [6, 6.07) is 0.856. The molecule has 2 fully saturated rings. The molecule has 1 heteroatoms. The van der Waals surface area contributed by atoms with Crippen molar-refractivity contribution in [1.82, 2.24) is 4.90 Å². The van der Waals surface area contributed by atoms with E-state index in [0.29, 0.717) is 0 Å². The molecule has 1 saturated heterocycles. The lowest BCUT2D eigenvalue weighted by molar-refractivity contribution is 0.197. The molecule has 0 aromatic carbocycles. The minimum Gasteiger partial charge on any atom is -0.300 e. The Hall–Kier alpha value is -0.560. The second kappa shape index (κ2) is 3.79. The van der Waals surface area contributed by atoms with Gasteiger partial charge in [0.1, 0.15) is 0 Å². The molecular weight excluding hydrogens is 182 g/mol. The zero-order valence-electron chi connectivity index (χ0n) is 9.60. The van der Waals surface area contributed by atoms with Crippen LogP contribution < -0.4 is 0 Å². The van der Waals surface area contributed by atoms with Crippen molar-refractivity contribution in [3.05, 3.63) is 24.3 Å². The molecule has 1 heterocycles. The summed E-state index contributed by atoms with van der Waals surface area (Å²) in [6.45, 7) is 5.15. The molecule has 0 aromatic rings. The van der Waals surface area contributed by atoms with Gasteiger partial charge < -0.3 is 4.90 Å². The van der Waals surface area contributed by atoms with Crippen LogP contribution in [-0.4, -0.2) is 24.0 Å². The van der Waals surface area contributed by atoms with E-state index < -0.39 is 0 Å². The maximum absolute atomic E-state index is 2.74. The molecule has 0 radical (unpaired) electrons. The van der Waals surface area contributed by atoms with Crippen LogP contribution in [0.1, 0.15) is 26.2 Å².